The number of hydrogen-bond acceptors (Lipinski definition) is 1. The maximum absolute atomic E-state index is 4.73. The van der Waals surface area contributed by atoms with Gasteiger partial charge in [-0.1, -0.05) is 63.9 Å². The Bertz CT molecular complexity index is 849. The molecule has 3 rings (SSSR count). The molecule has 0 N–H and O–H groups in total. The molecule has 2 aromatic carbocycles. The lowest BCUT2D eigenvalue weighted by molar-refractivity contribution is 0.628. The average Bonchev–Trinajstić information content (AvgIpc) is 2.93. The van der Waals surface area contributed by atoms with Gasteiger partial charge in [0.2, 0.25) is 0 Å². The van der Waals surface area contributed by atoms with E-state index in [4.69, 9.17) is 4.98 Å². The van der Waals surface area contributed by atoms with Crippen LogP contribution in [0.2, 0.25) is 0 Å². The Morgan fingerprint density at radius 1 is 1.04 bits per heavy atom. The van der Waals surface area contributed by atoms with Crippen LogP contribution in [0.4, 0.5) is 0 Å². The van der Waals surface area contributed by atoms with Crippen molar-refractivity contribution in [3.63, 3.8) is 0 Å². The van der Waals surface area contributed by atoms with E-state index in [0.717, 1.165) is 32.4 Å². The minimum absolute atomic E-state index is 0.576. The Labute approximate surface area is 160 Å². The molecule has 0 amide bonds. The third-order valence-corrected chi connectivity index (χ3v) is 5.35. The average molecular weight is 448 g/mol. The predicted octanol–water partition coefficient (Wildman–Crippen LogP) is 6.57. The molecule has 0 aliphatic heterocycles. The predicted molar refractivity (Wildman–Crippen MR) is 108 cm³/mol. The zero-order valence-corrected chi connectivity index (χ0v) is 17.2. The van der Waals surface area contributed by atoms with E-state index in [0.29, 0.717) is 5.92 Å². The second-order valence-corrected chi connectivity index (χ2v) is 8.22. The SMILES string of the molecule is Cc1ccc(-n2c(CC(C)C)cnc2-c2ccc(Br)cc2)cc1Br. The second-order valence-electron chi connectivity index (χ2n) is 6.45. The summed E-state index contributed by atoms with van der Waals surface area (Å²) >= 11 is 7.16. The maximum atomic E-state index is 4.73. The zero-order valence-electron chi connectivity index (χ0n) is 14.1. The highest BCUT2D eigenvalue weighted by atomic mass is 79.9. The topological polar surface area (TPSA) is 17.8 Å². The molecule has 0 atom stereocenters. The fourth-order valence-electron chi connectivity index (χ4n) is 2.76. The van der Waals surface area contributed by atoms with Gasteiger partial charge in [-0.15, -0.1) is 0 Å². The van der Waals surface area contributed by atoms with Crippen LogP contribution in [-0.2, 0) is 6.42 Å². The molecule has 0 aliphatic carbocycles. The van der Waals surface area contributed by atoms with Gasteiger partial charge >= 0.3 is 0 Å². The second kappa shape index (κ2) is 7.24. The van der Waals surface area contributed by atoms with Crippen LogP contribution >= 0.6 is 31.9 Å². The Balaban J connectivity index is 2.17. The first-order valence-electron chi connectivity index (χ1n) is 8.05. The first-order chi connectivity index (χ1) is 11.5. The summed E-state index contributed by atoms with van der Waals surface area (Å²) in [6, 6.07) is 14.8. The van der Waals surface area contributed by atoms with Crippen LogP contribution < -0.4 is 0 Å². The number of aromatic nitrogens is 2. The van der Waals surface area contributed by atoms with Gasteiger partial charge in [0.1, 0.15) is 5.82 Å². The Hall–Kier alpha value is -1.39. The maximum Gasteiger partial charge on any atom is 0.144 e. The van der Waals surface area contributed by atoms with Gasteiger partial charge in [-0.3, -0.25) is 4.57 Å². The van der Waals surface area contributed by atoms with Gasteiger partial charge in [-0.25, -0.2) is 4.98 Å². The summed E-state index contributed by atoms with van der Waals surface area (Å²) in [5.41, 5.74) is 4.72. The van der Waals surface area contributed by atoms with Gasteiger partial charge in [0, 0.05) is 32.1 Å². The molecule has 0 radical (unpaired) electrons. The van der Waals surface area contributed by atoms with Crippen molar-refractivity contribution < 1.29 is 0 Å². The fraction of sp³-hybridized carbons (Fsp3) is 0.250. The number of aryl methyl sites for hydroxylation is 1. The molecule has 0 spiro atoms. The smallest absolute Gasteiger partial charge is 0.144 e. The summed E-state index contributed by atoms with van der Waals surface area (Å²) < 4.78 is 4.46. The molecule has 0 aliphatic rings. The molecule has 3 aromatic rings. The summed E-state index contributed by atoms with van der Waals surface area (Å²) in [6.07, 6.45) is 3.00. The largest absolute Gasteiger partial charge is 0.297 e. The summed E-state index contributed by atoms with van der Waals surface area (Å²) in [7, 11) is 0. The summed E-state index contributed by atoms with van der Waals surface area (Å²) in [6.45, 7) is 6.58. The third kappa shape index (κ3) is 3.65. The molecule has 0 bridgehead atoms. The third-order valence-electron chi connectivity index (χ3n) is 3.97. The van der Waals surface area contributed by atoms with Crippen molar-refractivity contribution in [3.05, 3.63) is 68.9 Å². The van der Waals surface area contributed by atoms with Crippen LogP contribution in [0.1, 0.15) is 25.1 Å². The molecule has 0 unspecified atom stereocenters. The first-order valence-corrected chi connectivity index (χ1v) is 9.63. The quantitative estimate of drug-likeness (QED) is 0.442. The van der Waals surface area contributed by atoms with Crippen molar-refractivity contribution in [2.45, 2.75) is 27.2 Å². The molecule has 1 aromatic heterocycles. The van der Waals surface area contributed by atoms with Crippen LogP contribution in [0.5, 0.6) is 0 Å². The number of benzene rings is 2. The van der Waals surface area contributed by atoms with E-state index >= 15 is 0 Å². The summed E-state index contributed by atoms with van der Waals surface area (Å²) in [5, 5.41) is 0. The van der Waals surface area contributed by atoms with Crippen molar-refractivity contribution in [2.75, 3.05) is 0 Å². The Kier molecular flexibility index (Phi) is 5.26. The Morgan fingerprint density at radius 2 is 1.75 bits per heavy atom. The van der Waals surface area contributed by atoms with Crippen molar-refractivity contribution in [1.29, 1.82) is 0 Å². The molecule has 1 heterocycles. The number of imidazole rings is 1. The van der Waals surface area contributed by atoms with Crippen molar-refractivity contribution in [3.8, 4) is 17.1 Å². The highest BCUT2D eigenvalue weighted by Crippen LogP contribution is 2.29. The fourth-order valence-corrected chi connectivity index (χ4v) is 3.39. The van der Waals surface area contributed by atoms with Crippen LogP contribution in [0, 0.1) is 12.8 Å². The van der Waals surface area contributed by atoms with Crippen LogP contribution in [0.3, 0.4) is 0 Å². The van der Waals surface area contributed by atoms with Crippen molar-refractivity contribution >= 4 is 31.9 Å². The first kappa shape index (κ1) is 17.4. The normalized spacial score (nSPS) is 11.2. The van der Waals surface area contributed by atoms with Crippen LogP contribution in [0.15, 0.2) is 57.6 Å². The number of nitrogens with zero attached hydrogens (tertiary/aromatic N) is 2. The van der Waals surface area contributed by atoms with E-state index in [-0.39, 0.29) is 0 Å². The number of hydrogen-bond donors (Lipinski definition) is 0. The van der Waals surface area contributed by atoms with Gasteiger partial charge in [-0.2, -0.15) is 0 Å². The van der Waals surface area contributed by atoms with Gasteiger partial charge in [0.05, 0.1) is 0 Å². The van der Waals surface area contributed by atoms with E-state index in [1.54, 1.807) is 0 Å². The van der Waals surface area contributed by atoms with E-state index < -0.39 is 0 Å². The van der Waals surface area contributed by atoms with Crippen LogP contribution in [-0.4, -0.2) is 9.55 Å². The van der Waals surface area contributed by atoms with E-state index in [1.165, 1.54) is 11.3 Å². The highest BCUT2D eigenvalue weighted by molar-refractivity contribution is 9.10. The molecule has 2 nitrogen and oxygen atoms in total. The molecular weight excluding hydrogens is 428 g/mol. The Morgan fingerprint density at radius 3 is 2.38 bits per heavy atom. The molecule has 0 saturated heterocycles. The summed E-state index contributed by atoms with van der Waals surface area (Å²) in [5.74, 6) is 1.56. The molecule has 124 valence electrons. The lowest BCUT2D eigenvalue weighted by Crippen LogP contribution is -2.05. The van der Waals surface area contributed by atoms with Gasteiger partial charge in [0.15, 0.2) is 0 Å². The van der Waals surface area contributed by atoms with E-state index in [9.17, 15) is 0 Å². The van der Waals surface area contributed by atoms with E-state index in [2.05, 4.69) is 99.7 Å². The highest BCUT2D eigenvalue weighted by Gasteiger charge is 2.15. The van der Waals surface area contributed by atoms with Crippen molar-refractivity contribution in [1.82, 2.24) is 9.55 Å². The van der Waals surface area contributed by atoms with Crippen molar-refractivity contribution in [2.24, 2.45) is 5.92 Å². The zero-order chi connectivity index (χ0) is 17.3. The van der Waals surface area contributed by atoms with Gasteiger partial charge < -0.3 is 0 Å². The standard InChI is InChI=1S/C20H20Br2N2/c1-13(2)10-18-12-23-20(15-5-7-16(21)8-6-15)24(18)17-9-4-14(3)19(22)11-17/h4-9,11-13H,10H2,1-3H3. The minimum Gasteiger partial charge on any atom is -0.297 e. The number of rotatable bonds is 4. The number of halogens is 2. The minimum atomic E-state index is 0.576. The molecule has 0 saturated carbocycles. The van der Waals surface area contributed by atoms with Gasteiger partial charge in [-0.05, 0) is 49.1 Å². The lowest BCUT2D eigenvalue weighted by atomic mass is 10.1. The summed E-state index contributed by atoms with van der Waals surface area (Å²) in [4.78, 5) is 4.73. The molecule has 24 heavy (non-hydrogen) atoms. The molecular formula is C20H20Br2N2. The van der Waals surface area contributed by atoms with Crippen LogP contribution in [0.25, 0.3) is 17.1 Å². The molecule has 0 fully saturated rings. The lowest BCUT2D eigenvalue weighted by Gasteiger charge is -2.15. The van der Waals surface area contributed by atoms with E-state index in [1.807, 2.05) is 6.20 Å². The van der Waals surface area contributed by atoms with Gasteiger partial charge in [0.25, 0.3) is 0 Å². The molecule has 4 heteroatoms. The monoisotopic (exact) mass is 446 g/mol.